The third kappa shape index (κ3) is 1.92. The van der Waals surface area contributed by atoms with E-state index in [1.165, 1.54) is 0 Å². The normalized spacial score (nSPS) is 11.3. The van der Waals surface area contributed by atoms with E-state index in [2.05, 4.69) is 20.2 Å². The maximum absolute atomic E-state index is 4.38. The minimum absolute atomic E-state index is 0.688. The van der Waals surface area contributed by atoms with Gasteiger partial charge < -0.3 is 0 Å². The van der Waals surface area contributed by atoms with Gasteiger partial charge in [-0.25, -0.2) is 9.98 Å². The van der Waals surface area contributed by atoms with Crippen LogP contribution in [0.4, 0.5) is 5.82 Å². The minimum Gasteiger partial charge on any atom is -0.259 e. The lowest BCUT2D eigenvalue weighted by Crippen LogP contribution is -1.78. The quantitative estimate of drug-likeness (QED) is 0.678. The molecule has 0 fully saturated rings. The number of fused-ring (bicyclic) bond motifs is 1. The van der Waals surface area contributed by atoms with Crippen LogP contribution in [0, 0.1) is 0 Å². The molecule has 3 aromatic rings. The summed E-state index contributed by atoms with van der Waals surface area (Å²) in [5, 5.41) is 7.88. The second-order valence-electron chi connectivity index (χ2n) is 3.62. The molecule has 0 amide bonds. The van der Waals surface area contributed by atoms with Gasteiger partial charge in [0, 0.05) is 12.4 Å². The van der Waals surface area contributed by atoms with Gasteiger partial charge in [-0.1, -0.05) is 30.3 Å². The SMILES string of the molecule is C(=N\c1[nH]nc2ncccc12)/c1ccccc1. The summed E-state index contributed by atoms with van der Waals surface area (Å²) in [7, 11) is 0. The minimum atomic E-state index is 0.688. The highest BCUT2D eigenvalue weighted by Crippen LogP contribution is 2.20. The van der Waals surface area contributed by atoms with Crippen LogP contribution in [0.1, 0.15) is 5.56 Å². The maximum atomic E-state index is 4.38. The Hall–Kier alpha value is -2.49. The number of nitrogens with one attached hydrogen (secondary N) is 1. The first kappa shape index (κ1) is 9.72. The van der Waals surface area contributed by atoms with Crippen LogP contribution >= 0.6 is 0 Å². The van der Waals surface area contributed by atoms with Gasteiger partial charge >= 0.3 is 0 Å². The molecule has 4 nitrogen and oxygen atoms in total. The van der Waals surface area contributed by atoms with E-state index in [4.69, 9.17) is 0 Å². The number of hydrogen-bond donors (Lipinski definition) is 1. The molecule has 1 N–H and O–H groups in total. The smallest absolute Gasteiger partial charge is 0.183 e. The van der Waals surface area contributed by atoms with Crippen LogP contribution in [0.25, 0.3) is 11.0 Å². The fourth-order valence-corrected chi connectivity index (χ4v) is 1.61. The van der Waals surface area contributed by atoms with Gasteiger partial charge in [0.15, 0.2) is 11.5 Å². The van der Waals surface area contributed by atoms with E-state index in [1.807, 2.05) is 42.5 Å². The van der Waals surface area contributed by atoms with Crippen LogP contribution in [-0.2, 0) is 0 Å². The highest BCUT2D eigenvalue weighted by molar-refractivity contribution is 5.89. The lowest BCUT2D eigenvalue weighted by atomic mass is 10.2. The second-order valence-corrected chi connectivity index (χ2v) is 3.62. The van der Waals surface area contributed by atoms with E-state index in [1.54, 1.807) is 12.4 Å². The lowest BCUT2D eigenvalue weighted by molar-refractivity contribution is 1.09. The van der Waals surface area contributed by atoms with Crippen LogP contribution in [0.15, 0.2) is 53.7 Å². The number of benzene rings is 1. The fourth-order valence-electron chi connectivity index (χ4n) is 1.61. The number of pyridine rings is 1. The highest BCUT2D eigenvalue weighted by atomic mass is 15.2. The van der Waals surface area contributed by atoms with Crippen LogP contribution in [0.3, 0.4) is 0 Å². The molecule has 0 atom stereocenters. The molecule has 0 aliphatic carbocycles. The van der Waals surface area contributed by atoms with Gasteiger partial charge in [0.05, 0.1) is 5.39 Å². The Morgan fingerprint density at radius 3 is 2.82 bits per heavy atom. The number of aromatic amines is 1. The van der Waals surface area contributed by atoms with Crippen LogP contribution in [-0.4, -0.2) is 21.4 Å². The van der Waals surface area contributed by atoms with Gasteiger partial charge in [-0.3, -0.25) is 5.10 Å². The summed E-state index contributed by atoms with van der Waals surface area (Å²) < 4.78 is 0. The number of nitrogens with zero attached hydrogens (tertiary/aromatic N) is 3. The summed E-state index contributed by atoms with van der Waals surface area (Å²) in [5.41, 5.74) is 1.74. The molecule has 0 radical (unpaired) electrons. The Balaban J connectivity index is 1.98. The average molecular weight is 222 g/mol. The zero-order valence-electron chi connectivity index (χ0n) is 9.04. The number of rotatable bonds is 2. The highest BCUT2D eigenvalue weighted by Gasteiger charge is 2.02. The molecular weight excluding hydrogens is 212 g/mol. The summed E-state index contributed by atoms with van der Waals surface area (Å²) in [4.78, 5) is 8.52. The van der Waals surface area contributed by atoms with Crippen molar-refractivity contribution in [3.05, 3.63) is 54.2 Å². The molecule has 0 aliphatic rings. The largest absolute Gasteiger partial charge is 0.259 e. The summed E-state index contributed by atoms with van der Waals surface area (Å²) in [5.74, 6) is 0.733. The van der Waals surface area contributed by atoms with Crippen molar-refractivity contribution >= 4 is 23.1 Å². The summed E-state index contributed by atoms with van der Waals surface area (Å²) in [6, 6.07) is 13.8. The van der Waals surface area contributed by atoms with Gasteiger partial charge in [0.25, 0.3) is 0 Å². The Morgan fingerprint density at radius 1 is 1.06 bits per heavy atom. The van der Waals surface area contributed by atoms with Crippen LogP contribution < -0.4 is 0 Å². The third-order valence-corrected chi connectivity index (χ3v) is 2.45. The third-order valence-electron chi connectivity index (χ3n) is 2.45. The van der Waals surface area contributed by atoms with Crippen LogP contribution in [0.5, 0.6) is 0 Å². The molecule has 0 unspecified atom stereocenters. The van der Waals surface area contributed by atoms with Crippen molar-refractivity contribution < 1.29 is 0 Å². The van der Waals surface area contributed by atoms with E-state index >= 15 is 0 Å². The van der Waals surface area contributed by atoms with Crippen LogP contribution in [0.2, 0.25) is 0 Å². The summed E-state index contributed by atoms with van der Waals surface area (Å²) in [6.07, 6.45) is 3.52. The van der Waals surface area contributed by atoms with E-state index < -0.39 is 0 Å². The predicted molar refractivity (Wildman–Crippen MR) is 67.6 cm³/mol. The van der Waals surface area contributed by atoms with Crippen molar-refractivity contribution in [3.8, 4) is 0 Å². The van der Waals surface area contributed by atoms with Gasteiger partial charge in [0.1, 0.15) is 0 Å². The standard InChI is InChI=1S/C13H10N4/c1-2-5-10(6-3-1)9-15-13-11-7-4-8-14-12(11)16-17-13/h1-9H,(H,14,16,17)/b15-9+. The maximum Gasteiger partial charge on any atom is 0.183 e. The molecule has 0 aliphatic heterocycles. The summed E-state index contributed by atoms with van der Waals surface area (Å²) in [6.45, 7) is 0. The van der Waals surface area contributed by atoms with Gasteiger partial charge in [-0.05, 0) is 17.7 Å². The molecular formula is C13H10N4. The Labute approximate surface area is 98.0 Å². The van der Waals surface area contributed by atoms with Crippen molar-refractivity contribution in [2.45, 2.75) is 0 Å². The number of aliphatic imine (C=N–C) groups is 1. The first-order chi connectivity index (χ1) is 8.43. The van der Waals surface area contributed by atoms with Crippen molar-refractivity contribution in [1.82, 2.24) is 15.2 Å². The first-order valence-corrected chi connectivity index (χ1v) is 5.32. The molecule has 4 heteroatoms. The first-order valence-electron chi connectivity index (χ1n) is 5.32. The topological polar surface area (TPSA) is 53.9 Å². The van der Waals surface area contributed by atoms with Gasteiger partial charge in [-0.2, -0.15) is 5.10 Å². The van der Waals surface area contributed by atoms with Gasteiger partial charge in [-0.15, -0.1) is 0 Å². The van der Waals surface area contributed by atoms with Gasteiger partial charge in [0.2, 0.25) is 0 Å². The Morgan fingerprint density at radius 2 is 1.94 bits per heavy atom. The fraction of sp³-hybridized carbons (Fsp3) is 0. The molecule has 0 saturated carbocycles. The second kappa shape index (κ2) is 4.17. The van der Waals surface area contributed by atoms with E-state index in [9.17, 15) is 0 Å². The lowest BCUT2D eigenvalue weighted by Gasteiger charge is -1.91. The molecule has 0 saturated heterocycles. The van der Waals surface area contributed by atoms with E-state index in [0.717, 1.165) is 16.8 Å². The average Bonchev–Trinajstić information content (AvgIpc) is 2.81. The van der Waals surface area contributed by atoms with E-state index in [0.29, 0.717) is 5.65 Å². The monoisotopic (exact) mass is 222 g/mol. The Kier molecular flexibility index (Phi) is 2.38. The molecule has 3 rings (SSSR count). The van der Waals surface area contributed by atoms with Crippen molar-refractivity contribution in [1.29, 1.82) is 0 Å². The van der Waals surface area contributed by atoms with Crippen molar-refractivity contribution in [2.24, 2.45) is 4.99 Å². The summed E-state index contributed by atoms with van der Waals surface area (Å²) >= 11 is 0. The number of hydrogen-bond acceptors (Lipinski definition) is 3. The molecule has 0 spiro atoms. The predicted octanol–water partition coefficient (Wildman–Crippen LogP) is 2.71. The molecule has 82 valence electrons. The molecule has 1 aromatic carbocycles. The Bertz CT molecular complexity index is 655. The van der Waals surface area contributed by atoms with E-state index in [-0.39, 0.29) is 0 Å². The molecule has 0 bridgehead atoms. The molecule has 17 heavy (non-hydrogen) atoms. The zero-order chi connectivity index (χ0) is 11.5. The number of aromatic nitrogens is 3. The zero-order valence-corrected chi connectivity index (χ0v) is 9.04. The number of H-pyrrole nitrogens is 1. The van der Waals surface area contributed by atoms with Crippen molar-refractivity contribution in [3.63, 3.8) is 0 Å². The molecule has 2 aromatic heterocycles. The molecule has 2 heterocycles. The van der Waals surface area contributed by atoms with Crippen molar-refractivity contribution in [2.75, 3.05) is 0 Å².